The van der Waals surface area contributed by atoms with Gasteiger partial charge in [0.2, 0.25) is 5.91 Å². The second-order valence-corrected chi connectivity index (χ2v) is 6.50. The van der Waals surface area contributed by atoms with Gasteiger partial charge in [0.25, 0.3) is 11.8 Å². The zero-order chi connectivity index (χ0) is 17.3. The van der Waals surface area contributed by atoms with Crippen LogP contribution >= 0.6 is 15.9 Å². The molecule has 1 aliphatic heterocycles. The first-order valence-electron chi connectivity index (χ1n) is 7.47. The third-order valence-corrected chi connectivity index (χ3v) is 4.40. The fourth-order valence-corrected chi connectivity index (χ4v) is 3.09. The Hall–Kier alpha value is -2.47. The van der Waals surface area contributed by atoms with E-state index < -0.39 is 11.8 Å². The summed E-state index contributed by atoms with van der Waals surface area (Å²) in [6.45, 7) is 1.56. The van der Waals surface area contributed by atoms with Crippen LogP contribution in [-0.4, -0.2) is 29.2 Å². The fourth-order valence-electron chi connectivity index (χ4n) is 2.67. The van der Waals surface area contributed by atoms with Gasteiger partial charge in [-0.05, 0) is 36.8 Å². The van der Waals surface area contributed by atoms with Crippen molar-refractivity contribution in [3.05, 3.63) is 69.7 Å². The number of nitrogens with zero attached hydrogens (tertiary/aromatic N) is 1. The van der Waals surface area contributed by atoms with E-state index in [0.29, 0.717) is 11.1 Å². The van der Waals surface area contributed by atoms with Crippen LogP contribution in [-0.2, 0) is 4.79 Å². The van der Waals surface area contributed by atoms with Crippen molar-refractivity contribution in [2.24, 2.45) is 0 Å². The minimum atomic E-state index is -0.430. The van der Waals surface area contributed by atoms with Gasteiger partial charge >= 0.3 is 0 Å². The Labute approximate surface area is 147 Å². The molecule has 0 aromatic heterocycles. The Morgan fingerprint density at radius 3 is 2.29 bits per heavy atom. The molecule has 0 fully saturated rings. The average Bonchev–Trinajstić information content (AvgIpc) is 2.80. The van der Waals surface area contributed by atoms with Crippen LogP contribution in [0.4, 0.5) is 0 Å². The Morgan fingerprint density at radius 1 is 1.08 bits per heavy atom. The smallest absolute Gasteiger partial charge is 0.262 e. The second-order valence-electron chi connectivity index (χ2n) is 5.59. The van der Waals surface area contributed by atoms with E-state index in [9.17, 15) is 14.4 Å². The number of halogens is 1. The molecular weight excluding hydrogens is 372 g/mol. The molecule has 5 nitrogen and oxygen atoms in total. The van der Waals surface area contributed by atoms with Crippen molar-refractivity contribution >= 4 is 33.7 Å². The summed E-state index contributed by atoms with van der Waals surface area (Å²) in [5.41, 5.74) is 1.62. The number of rotatable bonds is 4. The summed E-state index contributed by atoms with van der Waals surface area (Å²) in [5, 5.41) is 2.81. The lowest BCUT2D eigenvalue weighted by molar-refractivity contribution is -0.122. The van der Waals surface area contributed by atoms with Crippen LogP contribution < -0.4 is 5.32 Å². The molecule has 122 valence electrons. The molecular formula is C18H15BrN2O3. The highest BCUT2D eigenvalue weighted by atomic mass is 79.9. The van der Waals surface area contributed by atoms with Gasteiger partial charge in [0.05, 0.1) is 17.2 Å². The van der Waals surface area contributed by atoms with Gasteiger partial charge in [0.1, 0.15) is 6.54 Å². The topological polar surface area (TPSA) is 66.5 Å². The summed E-state index contributed by atoms with van der Waals surface area (Å²) < 4.78 is 0.918. The van der Waals surface area contributed by atoms with E-state index in [4.69, 9.17) is 0 Å². The quantitative estimate of drug-likeness (QED) is 0.821. The lowest BCUT2D eigenvalue weighted by atomic mass is 10.1. The molecule has 0 unspecified atom stereocenters. The number of hydrogen-bond acceptors (Lipinski definition) is 3. The summed E-state index contributed by atoms with van der Waals surface area (Å²) in [7, 11) is 0. The fraction of sp³-hybridized carbons (Fsp3) is 0.167. The highest BCUT2D eigenvalue weighted by Crippen LogP contribution is 2.22. The van der Waals surface area contributed by atoms with Crippen molar-refractivity contribution < 1.29 is 14.4 Å². The maximum Gasteiger partial charge on any atom is 0.262 e. The van der Waals surface area contributed by atoms with Gasteiger partial charge < -0.3 is 5.32 Å². The molecule has 3 amide bonds. The average molecular weight is 387 g/mol. The van der Waals surface area contributed by atoms with Crippen LogP contribution in [0.1, 0.15) is 39.2 Å². The molecule has 1 N–H and O–H groups in total. The van der Waals surface area contributed by atoms with Gasteiger partial charge in [-0.15, -0.1) is 0 Å². The molecule has 1 heterocycles. The summed E-state index contributed by atoms with van der Waals surface area (Å²) in [4.78, 5) is 37.7. The molecule has 2 aromatic rings. The number of carbonyl (C=O) groups excluding carboxylic acids is 3. The van der Waals surface area contributed by atoms with Crippen LogP contribution in [0.3, 0.4) is 0 Å². The first-order valence-corrected chi connectivity index (χ1v) is 8.26. The van der Waals surface area contributed by atoms with Crippen LogP contribution in [0.5, 0.6) is 0 Å². The third kappa shape index (κ3) is 3.10. The Balaban J connectivity index is 1.68. The first-order chi connectivity index (χ1) is 11.5. The van der Waals surface area contributed by atoms with Gasteiger partial charge in [-0.25, -0.2) is 0 Å². The first kappa shape index (κ1) is 16.4. The minimum absolute atomic E-state index is 0.231. The lowest BCUT2D eigenvalue weighted by Gasteiger charge is -2.18. The van der Waals surface area contributed by atoms with E-state index in [1.807, 2.05) is 31.2 Å². The molecule has 1 atom stereocenters. The van der Waals surface area contributed by atoms with Crippen LogP contribution in [0, 0.1) is 0 Å². The minimum Gasteiger partial charge on any atom is -0.348 e. The van der Waals surface area contributed by atoms with Gasteiger partial charge in [-0.3, -0.25) is 19.3 Å². The summed E-state index contributed by atoms with van der Waals surface area (Å²) in [5.74, 6) is -1.24. The van der Waals surface area contributed by atoms with E-state index in [0.717, 1.165) is 14.9 Å². The summed E-state index contributed by atoms with van der Waals surface area (Å²) >= 11 is 3.39. The van der Waals surface area contributed by atoms with Crippen LogP contribution in [0.2, 0.25) is 0 Å². The molecule has 0 saturated carbocycles. The van der Waals surface area contributed by atoms with Gasteiger partial charge in [0, 0.05) is 4.47 Å². The highest BCUT2D eigenvalue weighted by Gasteiger charge is 2.36. The molecule has 2 aromatic carbocycles. The van der Waals surface area contributed by atoms with E-state index >= 15 is 0 Å². The van der Waals surface area contributed by atoms with Crippen molar-refractivity contribution in [1.29, 1.82) is 0 Å². The van der Waals surface area contributed by atoms with Gasteiger partial charge in [0.15, 0.2) is 0 Å². The standard InChI is InChI=1S/C18H15BrN2O3/c1-11(12-5-4-6-13(19)9-12)20-16(22)10-21-17(23)14-7-2-3-8-15(14)18(21)24/h2-9,11H,10H2,1H3,(H,20,22)/t11-/m0/s1. The summed E-state index contributed by atoms with van der Waals surface area (Å²) in [6.07, 6.45) is 0. The Kier molecular flexibility index (Phi) is 4.49. The maximum atomic E-state index is 12.3. The number of hydrogen-bond donors (Lipinski definition) is 1. The van der Waals surface area contributed by atoms with Gasteiger partial charge in [-0.2, -0.15) is 0 Å². The second kappa shape index (κ2) is 6.57. The number of carbonyl (C=O) groups is 3. The van der Waals surface area contributed by atoms with Gasteiger partial charge in [-0.1, -0.05) is 40.2 Å². The number of nitrogens with one attached hydrogen (secondary N) is 1. The monoisotopic (exact) mass is 386 g/mol. The molecule has 0 bridgehead atoms. The predicted octanol–water partition coefficient (Wildman–Crippen LogP) is 2.92. The predicted molar refractivity (Wildman–Crippen MR) is 92.5 cm³/mol. The zero-order valence-corrected chi connectivity index (χ0v) is 14.5. The third-order valence-electron chi connectivity index (χ3n) is 3.91. The molecule has 1 aliphatic rings. The van der Waals surface area contributed by atoms with E-state index in [-0.39, 0.29) is 18.5 Å². The molecule has 0 spiro atoms. The molecule has 0 aliphatic carbocycles. The number of fused-ring (bicyclic) bond motifs is 1. The number of imide groups is 1. The lowest BCUT2D eigenvalue weighted by Crippen LogP contribution is -2.41. The number of benzene rings is 2. The SMILES string of the molecule is C[C@H](NC(=O)CN1C(=O)c2ccccc2C1=O)c1cccc(Br)c1. The van der Waals surface area contributed by atoms with E-state index in [1.165, 1.54) is 0 Å². The van der Waals surface area contributed by atoms with Crippen molar-refractivity contribution in [1.82, 2.24) is 10.2 Å². The van der Waals surface area contributed by atoms with Crippen molar-refractivity contribution in [2.75, 3.05) is 6.54 Å². The van der Waals surface area contributed by atoms with E-state index in [1.54, 1.807) is 24.3 Å². The van der Waals surface area contributed by atoms with Crippen LogP contribution in [0.15, 0.2) is 53.0 Å². The van der Waals surface area contributed by atoms with Crippen LogP contribution in [0.25, 0.3) is 0 Å². The molecule has 0 saturated heterocycles. The normalized spacial score (nSPS) is 14.5. The maximum absolute atomic E-state index is 12.3. The van der Waals surface area contributed by atoms with E-state index in [2.05, 4.69) is 21.2 Å². The van der Waals surface area contributed by atoms with Crippen molar-refractivity contribution in [3.63, 3.8) is 0 Å². The molecule has 3 rings (SSSR count). The zero-order valence-electron chi connectivity index (χ0n) is 13.0. The highest BCUT2D eigenvalue weighted by molar-refractivity contribution is 9.10. The Bertz CT molecular complexity index is 800. The number of amides is 3. The Morgan fingerprint density at radius 2 is 1.71 bits per heavy atom. The van der Waals surface area contributed by atoms with Crippen molar-refractivity contribution in [3.8, 4) is 0 Å². The summed E-state index contributed by atoms with van der Waals surface area (Å²) in [6, 6.07) is 13.9. The largest absolute Gasteiger partial charge is 0.348 e. The molecule has 6 heteroatoms. The van der Waals surface area contributed by atoms with Crippen molar-refractivity contribution in [2.45, 2.75) is 13.0 Å². The molecule has 0 radical (unpaired) electrons. The molecule has 24 heavy (non-hydrogen) atoms.